The number of benzene rings is 2. The number of aryl methyl sites for hydroxylation is 1. The van der Waals surface area contributed by atoms with E-state index in [2.05, 4.69) is 52.9 Å². The predicted octanol–water partition coefficient (Wildman–Crippen LogP) is 6.35. The topological polar surface area (TPSA) is 39.9 Å². The molecular formula is C20H21Cl2N3OS. The van der Waals surface area contributed by atoms with E-state index in [1.165, 1.54) is 11.1 Å². The molecule has 0 radical (unpaired) electrons. The molecule has 2 aromatic carbocycles. The summed E-state index contributed by atoms with van der Waals surface area (Å²) in [4.78, 5) is 0. The maximum Gasteiger partial charge on any atom is 0.191 e. The predicted molar refractivity (Wildman–Crippen MR) is 112 cm³/mol. The van der Waals surface area contributed by atoms with Gasteiger partial charge in [-0.2, -0.15) is 0 Å². The lowest BCUT2D eigenvalue weighted by atomic mass is 10.1. The molecular weight excluding hydrogens is 401 g/mol. The molecule has 1 aromatic heterocycles. The fourth-order valence-electron chi connectivity index (χ4n) is 2.73. The molecule has 3 aromatic rings. The van der Waals surface area contributed by atoms with Gasteiger partial charge in [0.15, 0.2) is 17.1 Å². The Labute approximate surface area is 173 Å². The molecule has 3 rings (SSSR count). The molecule has 0 N–H and O–H groups in total. The zero-order chi connectivity index (χ0) is 19.4. The van der Waals surface area contributed by atoms with Gasteiger partial charge in [0.05, 0.1) is 5.02 Å². The largest absolute Gasteiger partial charge is 0.481 e. The molecule has 27 heavy (non-hydrogen) atoms. The van der Waals surface area contributed by atoms with Gasteiger partial charge in [-0.3, -0.25) is 0 Å². The number of hydrogen-bond donors (Lipinski definition) is 0. The van der Waals surface area contributed by atoms with Crippen molar-refractivity contribution in [3.8, 4) is 5.75 Å². The van der Waals surface area contributed by atoms with Gasteiger partial charge >= 0.3 is 0 Å². The highest BCUT2D eigenvalue weighted by molar-refractivity contribution is 7.98. The third kappa shape index (κ3) is 4.78. The highest BCUT2D eigenvalue weighted by atomic mass is 35.5. The Morgan fingerprint density at radius 1 is 1.15 bits per heavy atom. The number of halogens is 2. The van der Waals surface area contributed by atoms with E-state index in [0.717, 1.165) is 23.3 Å². The standard InChI is InChI=1S/C20H21Cl2N3OS/c1-4-25-19(14(3)26-18-11-16(21)9-10-17(18)22)23-24-20(25)27-12-15-8-6-5-7-13(15)2/h5-11,14H,4,12H2,1-3H3. The van der Waals surface area contributed by atoms with Crippen molar-refractivity contribution in [2.45, 2.75) is 44.3 Å². The Hall–Kier alpha value is -1.69. The summed E-state index contributed by atoms with van der Waals surface area (Å²) >= 11 is 13.9. The second-order valence-electron chi connectivity index (χ2n) is 6.14. The van der Waals surface area contributed by atoms with Crippen molar-refractivity contribution in [1.29, 1.82) is 0 Å². The molecule has 7 heteroatoms. The molecule has 0 aliphatic rings. The van der Waals surface area contributed by atoms with Crippen molar-refractivity contribution < 1.29 is 4.74 Å². The average Bonchev–Trinajstić information content (AvgIpc) is 3.07. The van der Waals surface area contributed by atoms with Crippen LogP contribution in [-0.4, -0.2) is 14.8 Å². The van der Waals surface area contributed by atoms with Gasteiger partial charge in [0.1, 0.15) is 5.75 Å². The van der Waals surface area contributed by atoms with E-state index >= 15 is 0 Å². The van der Waals surface area contributed by atoms with Gasteiger partial charge in [0.2, 0.25) is 0 Å². The van der Waals surface area contributed by atoms with Crippen LogP contribution in [0.3, 0.4) is 0 Å². The van der Waals surface area contributed by atoms with Gasteiger partial charge in [0.25, 0.3) is 0 Å². The van der Waals surface area contributed by atoms with Crippen LogP contribution in [0.5, 0.6) is 5.75 Å². The molecule has 0 bridgehead atoms. The van der Waals surface area contributed by atoms with Crippen molar-refractivity contribution in [3.63, 3.8) is 0 Å². The second-order valence-corrected chi connectivity index (χ2v) is 7.92. The van der Waals surface area contributed by atoms with Crippen LogP contribution in [-0.2, 0) is 12.3 Å². The molecule has 0 aliphatic heterocycles. The minimum Gasteiger partial charge on any atom is -0.481 e. The Morgan fingerprint density at radius 2 is 1.93 bits per heavy atom. The van der Waals surface area contributed by atoms with Crippen LogP contribution in [0.15, 0.2) is 47.6 Å². The summed E-state index contributed by atoms with van der Waals surface area (Å²) in [5, 5.41) is 10.7. The minimum absolute atomic E-state index is 0.304. The first-order chi connectivity index (χ1) is 13.0. The van der Waals surface area contributed by atoms with Crippen molar-refractivity contribution in [3.05, 3.63) is 69.5 Å². The molecule has 142 valence electrons. The van der Waals surface area contributed by atoms with Crippen LogP contribution in [0.25, 0.3) is 0 Å². The minimum atomic E-state index is -0.304. The van der Waals surface area contributed by atoms with Crippen molar-refractivity contribution in [1.82, 2.24) is 14.8 Å². The summed E-state index contributed by atoms with van der Waals surface area (Å²) in [6.07, 6.45) is -0.304. The number of rotatable bonds is 7. The van der Waals surface area contributed by atoms with E-state index in [9.17, 15) is 0 Å². The van der Waals surface area contributed by atoms with Gasteiger partial charge in [-0.05, 0) is 44.0 Å². The third-order valence-corrected chi connectivity index (χ3v) is 5.80. The maximum atomic E-state index is 6.21. The first kappa shape index (κ1) is 20.1. The Balaban J connectivity index is 1.76. The van der Waals surface area contributed by atoms with Crippen LogP contribution < -0.4 is 4.74 Å². The molecule has 0 amide bonds. The van der Waals surface area contributed by atoms with Crippen LogP contribution in [0.4, 0.5) is 0 Å². The molecule has 1 unspecified atom stereocenters. The Kier molecular flexibility index (Phi) is 6.68. The van der Waals surface area contributed by atoms with Gasteiger partial charge in [-0.25, -0.2) is 0 Å². The molecule has 0 saturated carbocycles. The van der Waals surface area contributed by atoms with E-state index < -0.39 is 0 Å². The zero-order valence-electron chi connectivity index (χ0n) is 15.4. The van der Waals surface area contributed by atoms with E-state index in [1.54, 1.807) is 30.0 Å². The normalized spacial score (nSPS) is 12.2. The zero-order valence-corrected chi connectivity index (χ0v) is 17.8. The average molecular weight is 422 g/mol. The van der Waals surface area contributed by atoms with Gasteiger partial charge in [-0.15, -0.1) is 10.2 Å². The smallest absolute Gasteiger partial charge is 0.191 e. The first-order valence-corrected chi connectivity index (χ1v) is 10.5. The van der Waals surface area contributed by atoms with Gasteiger partial charge in [-0.1, -0.05) is 59.2 Å². The molecule has 4 nitrogen and oxygen atoms in total. The second kappa shape index (κ2) is 9.00. The third-order valence-electron chi connectivity index (χ3n) is 4.24. The number of thioether (sulfide) groups is 1. The highest BCUT2D eigenvalue weighted by Gasteiger charge is 2.20. The lowest BCUT2D eigenvalue weighted by Gasteiger charge is -2.16. The SMILES string of the molecule is CCn1c(SCc2ccccc2C)nnc1C(C)Oc1cc(Cl)ccc1Cl. The summed E-state index contributed by atoms with van der Waals surface area (Å²) in [7, 11) is 0. The molecule has 0 fully saturated rings. The van der Waals surface area contributed by atoms with Crippen LogP contribution >= 0.6 is 35.0 Å². The van der Waals surface area contributed by atoms with Gasteiger partial charge < -0.3 is 9.30 Å². The molecule has 0 spiro atoms. The Morgan fingerprint density at radius 3 is 2.67 bits per heavy atom. The number of hydrogen-bond acceptors (Lipinski definition) is 4. The summed E-state index contributed by atoms with van der Waals surface area (Å²) < 4.78 is 8.08. The highest BCUT2D eigenvalue weighted by Crippen LogP contribution is 2.32. The fourth-order valence-corrected chi connectivity index (χ4v) is 4.14. The summed E-state index contributed by atoms with van der Waals surface area (Å²) in [6, 6.07) is 13.5. The van der Waals surface area contributed by atoms with Crippen LogP contribution in [0.2, 0.25) is 10.0 Å². The Bertz CT molecular complexity index is 929. The van der Waals surface area contributed by atoms with Crippen molar-refractivity contribution >= 4 is 35.0 Å². The van der Waals surface area contributed by atoms with E-state index in [4.69, 9.17) is 27.9 Å². The van der Waals surface area contributed by atoms with Crippen molar-refractivity contribution in [2.75, 3.05) is 0 Å². The lowest BCUT2D eigenvalue weighted by Crippen LogP contribution is -2.12. The molecule has 0 saturated heterocycles. The van der Waals surface area contributed by atoms with Crippen LogP contribution in [0.1, 0.15) is 36.9 Å². The van der Waals surface area contributed by atoms with Crippen LogP contribution in [0, 0.1) is 6.92 Å². The number of nitrogens with zero attached hydrogens (tertiary/aromatic N) is 3. The summed E-state index contributed by atoms with van der Waals surface area (Å²) in [5.74, 6) is 2.15. The first-order valence-electron chi connectivity index (χ1n) is 8.71. The quantitative estimate of drug-likeness (QED) is 0.416. The van der Waals surface area contributed by atoms with E-state index in [0.29, 0.717) is 15.8 Å². The lowest BCUT2D eigenvalue weighted by molar-refractivity contribution is 0.210. The number of ether oxygens (including phenoxy) is 1. The molecule has 1 heterocycles. The van der Waals surface area contributed by atoms with Crippen molar-refractivity contribution in [2.24, 2.45) is 0 Å². The van der Waals surface area contributed by atoms with E-state index in [1.807, 2.05) is 6.92 Å². The summed E-state index contributed by atoms with van der Waals surface area (Å²) in [5.41, 5.74) is 2.57. The summed E-state index contributed by atoms with van der Waals surface area (Å²) in [6.45, 7) is 6.89. The molecule has 0 aliphatic carbocycles. The van der Waals surface area contributed by atoms with Gasteiger partial charge in [0, 0.05) is 23.4 Å². The molecule has 1 atom stereocenters. The monoisotopic (exact) mass is 421 g/mol. The fraction of sp³-hybridized carbons (Fsp3) is 0.300. The maximum absolute atomic E-state index is 6.21. The number of aromatic nitrogens is 3. The van der Waals surface area contributed by atoms with E-state index in [-0.39, 0.29) is 6.10 Å².